The van der Waals surface area contributed by atoms with Crippen molar-refractivity contribution in [1.29, 1.82) is 0 Å². The van der Waals surface area contributed by atoms with Crippen LogP contribution in [0, 0.1) is 11.8 Å². The number of carbonyl (C=O) groups excluding carboxylic acids is 1. The Morgan fingerprint density at radius 2 is 1.71 bits per heavy atom. The lowest BCUT2D eigenvalue weighted by molar-refractivity contribution is 0.143. The molecule has 31 heavy (non-hydrogen) atoms. The number of hydrogen-bond donors (Lipinski definition) is 2. The third kappa shape index (κ3) is 4.49. The van der Waals surface area contributed by atoms with Crippen molar-refractivity contribution in [2.75, 3.05) is 20.3 Å². The van der Waals surface area contributed by atoms with Crippen LogP contribution in [0.3, 0.4) is 0 Å². The van der Waals surface area contributed by atoms with Gasteiger partial charge < -0.3 is 19.9 Å². The molecule has 0 aliphatic heterocycles. The predicted octanol–water partition coefficient (Wildman–Crippen LogP) is 4.68. The zero-order chi connectivity index (χ0) is 21.6. The summed E-state index contributed by atoms with van der Waals surface area (Å²) in [6, 6.07) is 21.5. The number of carbonyl (C=O) groups is 1. The monoisotopic (exact) mass is 413 g/mol. The number of benzene rings is 3. The van der Waals surface area contributed by atoms with Crippen LogP contribution in [-0.4, -0.2) is 31.5 Å². The van der Waals surface area contributed by atoms with Gasteiger partial charge in [-0.2, -0.15) is 0 Å². The Bertz CT molecular complexity index is 1110. The lowest BCUT2D eigenvalue weighted by atomic mass is 9.98. The molecule has 0 radical (unpaired) electrons. The summed E-state index contributed by atoms with van der Waals surface area (Å²) in [7, 11) is 1.50. The minimum Gasteiger partial charge on any atom is -0.504 e. The minimum absolute atomic E-state index is 0.0423. The predicted molar refractivity (Wildman–Crippen MR) is 119 cm³/mol. The summed E-state index contributed by atoms with van der Waals surface area (Å²) in [6.07, 6.45) is 0.0162. The van der Waals surface area contributed by atoms with Crippen molar-refractivity contribution >= 4 is 6.09 Å². The van der Waals surface area contributed by atoms with Crippen molar-refractivity contribution in [3.63, 3.8) is 0 Å². The molecule has 5 heteroatoms. The maximum absolute atomic E-state index is 12.1. The second-order valence-corrected chi connectivity index (χ2v) is 7.19. The molecule has 3 aromatic rings. The van der Waals surface area contributed by atoms with Crippen LogP contribution in [0.4, 0.5) is 4.79 Å². The van der Waals surface area contributed by atoms with Crippen LogP contribution in [0.25, 0.3) is 11.1 Å². The lowest BCUT2D eigenvalue weighted by Gasteiger charge is -2.14. The Hall–Kier alpha value is -3.91. The summed E-state index contributed by atoms with van der Waals surface area (Å²) >= 11 is 0. The number of ether oxygens (including phenoxy) is 2. The fourth-order valence-corrected chi connectivity index (χ4v) is 3.81. The fraction of sp³-hybridized carbons (Fsp3) is 0.192. The molecule has 0 atom stereocenters. The van der Waals surface area contributed by atoms with E-state index in [4.69, 9.17) is 9.47 Å². The molecule has 0 unspecified atom stereocenters. The first-order valence-corrected chi connectivity index (χ1v) is 10.1. The van der Waals surface area contributed by atoms with Gasteiger partial charge in [-0.1, -0.05) is 60.4 Å². The highest BCUT2D eigenvalue weighted by Gasteiger charge is 2.28. The van der Waals surface area contributed by atoms with Gasteiger partial charge in [0.2, 0.25) is 0 Å². The van der Waals surface area contributed by atoms with E-state index in [1.54, 1.807) is 18.2 Å². The normalized spacial score (nSPS) is 11.6. The van der Waals surface area contributed by atoms with Gasteiger partial charge in [0.1, 0.15) is 6.61 Å². The van der Waals surface area contributed by atoms with Gasteiger partial charge in [-0.3, -0.25) is 0 Å². The molecule has 2 N–H and O–H groups in total. The van der Waals surface area contributed by atoms with Crippen molar-refractivity contribution < 1.29 is 19.4 Å². The van der Waals surface area contributed by atoms with E-state index < -0.39 is 6.09 Å². The van der Waals surface area contributed by atoms with Gasteiger partial charge in [0.15, 0.2) is 11.5 Å². The zero-order valence-corrected chi connectivity index (χ0v) is 17.2. The highest BCUT2D eigenvalue weighted by atomic mass is 16.5. The summed E-state index contributed by atoms with van der Waals surface area (Å²) in [6.45, 7) is 0.669. The number of hydrogen-bond acceptors (Lipinski definition) is 4. The topological polar surface area (TPSA) is 67.8 Å². The van der Waals surface area contributed by atoms with E-state index in [0.717, 1.165) is 0 Å². The number of phenols is 1. The molecule has 0 spiro atoms. The highest BCUT2D eigenvalue weighted by Crippen LogP contribution is 2.44. The maximum Gasteiger partial charge on any atom is 0.407 e. The molecule has 0 bridgehead atoms. The van der Waals surface area contributed by atoms with Crippen LogP contribution in [-0.2, 0) is 4.74 Å². The number of methoxy groups -OCH3 is 1. The van der Waals surface area contributed by atoms with Gasteiger partial charge in [-0.25, -0.2) is 4.79 Å². The van der Waals surface area contributed by atoms with Crippen molar-refractivity contribution in [3.8, 4) is 34.5 Å². The van der Waals surface area contributed by atoms with Crippen LogP contribution in [0.1, 0.15) is 29.0 Å². The molecule has 5 nitrogen and oxygen atoms in total. The molecule has 156 valence electrons. The molecular weight excluding hydrogens is 390 g/mol. The van der Waals surface area contributed by atoms with Crippen molar-refractivity contribution in [2.45, 2.75) is 12.3 Å². The van der Waals surface area contributed by atoms with E-state index in [1.807, 2.05) is 24.3 Å². The first kappa shape index (κ1) is 20.4. The quantitative estimate of drug-likeness (QED) is 0.471. The number of phenolic OH excluding ortho intramolecular Hbond substituents is 1. The first-order valence-electron chi connectivity index (χ1n) is 10.1. The minimum atomic E-state index is -0.453. The van der Waals surface area contributed by atoms with E-state index >= 15 is 0 Å². The number of amides is 1. The first-order chi connectivity index (χ1) is 15.2. The average Bonchev–Trinajstić information content (AvgIpc) is 3.11. The average molecular weight is 413 g/mol. The second-order valence-electron chi connectivity index (χ2n) is 7.19. The molecular formula is C26H23NO4. The molecule has 0 aromatic heterocycles. The van der Waals surface area contributed by atoms with Gasteiger partial charge in [0.25, 0.3) is 0 Å². The molecule has 1 aliphatic carbocycles. The SMILES string of the molecule is COc1ccc(C#CCCNC(=O)OCC2c3ccccc3-c3ccccc32)cc1O. The summed E-state index contributed by atoms with van der Waals surface area (Å²) in [4.78, 5) is 12.1. The summed E-state index contributed by atoms with van der Waals surface area (Å²) in [5, 5.41) is 12.5. The molecule has 0 saturated heterocycles. The number of fused-ring (bicyclic) bond motifs is 3. The van der Waals surface area contributed by atoms with Gasteiger partial charge in [0, 0.05) is 24.4 Å². The summed E-state index contributed by atoms with van der Waals surface area (Å²) < 4.78 is 10.5. The van der Waals surface area contributed by atoms with Gasteiger partial charge in [0.05, 0.1) is 7.11 Å². The Labute approximate surface area is 181 Å². The van der Waals surface area contributed by atoms with Crippen LogP contribution in [0.5, 0.6) is 11.5 Å². The molecule has 0 heterocycles. The molecule has 0 saturated carbocycles. The summed E-state index contributed by atoms with van der Waals surface area (Å²) in [5.74, 6) is 6.42. The van der Waals surface area contributed by atoms with Gasteiger partial charge in [-0.05, 0) is 40.5 Å². The molecule has 1 amide bonds. The van der Waals surface area contributed by atoms with Gasteiger partial charge in [-0.15, -0.1) is 0 Å². The highest BCUT2D eigenvalue weighted by molar-refractivity contribution is 5.79. The van der Waals surface area contributed by atoms with E-state index in [0.29, 0.717) is 24.3 Å². The largest absolute Gasteiger partial charge is 0.504 e. The van der Waals surface area contributed by atoms with Crippen molar-refractivity contribution in [1.82, 2.24) is 5.32 Å². The van der Waals surface area contributed by atoms with E-state index in [9.17, 15) is 9.90 Å². The third-order valence-electron chi connectivity index (χ3n) is 5.27. The van der Waals surface area contributed by atoms with Crippen molar-refractivity contribution in [2.24, 2.45) is 0 Å². The van der Waals surface area contributed by atoms with Crippen LogP contribution >= 0.6 is 0 Å². The van der Waals surface area contributed by atoms with E-state index in [2.05, 4.69) is 41.4 Å². The maximum atomic E-state index is 12.1. The summed E-state index contributed by atoms with van der Waals surface area (Å²) in [5.41, 5.74) is 5.45. The fourth-order valence-electron chi connectivity index (χ4n) is 3.81. The number of alkyl carbamates (subject to hydrolysis) is 1. The number of aromatic hydroxyl groups is 1. The molecule has 0 fully saturated rings. The van der Waals surface area contributed by atoms with Crippen LogP contribution in [0.2, 0.25) is 0 Å². The van der Waals surface area contributed by atoms with E-state index in [1.165, 1.54) is 29.4 Å². The Kier molecular flexibility index (Phi) is 6.09. The van der Waals surface area contributed by atoms with Crippen LogP contribution < -0.4 is 10.1 Å². The lowest BCUT2D eigenvalue weighted by Crippen LogP contribution is -2.26. The molecule has 3 aromatic carbocycles. The standard InChI is InChI=1S/C26H23NO4/c1-30-25-14-13-18(16-24(25)28)8-6-7-15-27-26(29)31-17-23-21-11-4-2-9-19(21)20-10-3-5-12-22(20)23/h2-5,9-14,16,23,28H,7,15,17H2,1H3,(H,27,29). The Morgan fingerprint density at radius 3 is 2.35 bits per heavy atom. The number of nitrogens with one attached hydrogen (secondary N) is 1. The van der Waals surface area contributed by atoms with Crippen molar-refractivity contribution in [3.05, 3.63) is 83.4 Å². The molecule has 1 aliphatic rings. The second kappa shape index (κ2) is 9.27. The Morgan fingerprint density at radius 1 is 1.03 bits per heavy atom. The third-order valence-corrected chi connectivity index (χ3v) is 5.27. The van der Waals surface area contributed by atoms with E-state index in [-0.39, 0.29) is 18.3 Å². The Balaban J connectivity index is 1.28. The van der Waals surface area contributed by atoms with Crippen LogP contribution in [0.15, 0.2) is 66.7 Å². The zero-order valence-electron chi connectivity index (χ0n) is 17.2. The molecule has 4 rings (SSSR count). The number of rotatable bonds is 5. The smallest absolute Gasteiger partial charge is 0.407 e. The van der Waals surface area contributed by atoms with Gasteiger partial charge >= 0.3 is 6.09 Å².